The Morgan fingerprint density at radius 3 is 2.29 bits per heavy atom. The van der Waals surface area contributed by atoms with Gasteiger partial charge in [0.2, 0.25) is 0 Å². The van der Waals surface area contributed by atoms with Gasteiger partial charge in [0.05, 0.1) is 0 Å². The van der Waals surface area contributed by atoms with Crippen molar-refractivity contribution in [1.82, 2.24) is 4.90 Å². The molecule has 14 heavy (non-hydrogen) atoms. The lowest BCUT2D eigenvalue weighted by atomic mass is 10.1. The topological polar surface area (TPSA) is 3.24 Å². The first-order chi connectivity index (χ1) is 6.58. The highest BCUT2D eigenvalue weighted by Crippen LogP contribution is 2.19. The largest absolute Gasteiger partial charge is 0.352 e. The molecule has 0 radical (unpaired) electrons. The van der Waals surface area contributed by atoms with Crippen molar-refractivity contribution in [2.45, 2.75) is 40.0 Å². The first-order valence-electron chi connectivity index (χ1n) is 5.32. The van der Waals surface area contributed by atoms with Crippen molar-refractivity contribution >= 4 is 0 Å². The monoisotopic (exact) mass is 193 g/mol. The molecule has 0 aromatic carbocycles. The summed E-state index contributed by atoms with van der Waals surface area (Å²) >= 11 is 0. The van der Waals surface area contributed by atoms with Crippen molar-refractivity contribution in [2.75, 3.05) is 7.05 Å². The summed E-state index contributed by atoms with van der Waals surface area (Å²) in [7, 11) is 2.09. The van der Waals surface area contributed by atoms with Gasteiger partial charge in [-0.3, -0.25) is 0 Å². The normalized spacial score (nSPS) is 12.0. The fraction of sp³-hybridized carbons (Fsp3) is 0.538. The molecule has 1 nitrogen and oxygen atoms in total. The average molecular weight is 193 g/mol. The predicted molar refractivity (Wildman–Crippen MR) is 65.0 cm³/mol. The summed E-state index contributed by atoms with van der Waals surface area (Å²) in [6, 6.07) is 0. The Hall–Kier alpha value is -0.980. The zero-order valence-corrected chi connectivity index (χ0v) is 10.1. The lowest BCUT2D eigenvalue weighted by Crippen LogP contribution is -2.17. The summed E-state index contributed by atoms with van der Waals surface area (Å²) in [6.07, 6.45) is 5.14. The summed E-state index contributed by atoms with van der Waals surface area (Å²) in [6.45, 7) is 14.3. The predicted octanol–water partition coefficient (Wildman–Crippen LogP) is 4.10. The quantitative estimate of drug-likeness (QED) is 0.574. The number of hydrogen-bond donors (Lipinski definition) is 0. The molecule has 0 aromatic heterocycles. The molecule has 0 bridgehead atoms. The van der Waals surface area contributed by atoms with Crippen LogP contribution in [0.2, 0.25) is 0 Å². The Balaban J connectivity index is 4.70. The molecule has 80 valence electrons. The van der Waals surface area contributed by atoms with Gasteiger partial charge in [0.1, 0.15) is 0 Å². The van der Waals surface area contributed by atoms with Gasteiger partial charge in [-0.2, -0.15) is 0 Å². The molecule has 0 N–H and O–H groups in total. The van der Waals surface area contributed by atoms with Crippen molar-refractivity contribution < 1.29 is 0 Å². The maximum Gasteiger partial charge on any atom is 0.0199 e. The third kappa shape index (κ3) is 3.41. The van der Waals surface area contributed by atoms with E-state index in [1.54, 1.807) is 0 Å². The molecule has 0 saturated heterocycles. The molecule has 0 heterocycles. The second kappa shape index (κ2) is 6.47. The maximum absolute atomic E-state index is 4.09. The van der Waals surface area contributed by atoms with E-state index in [0.29, 0.717) is 0 Å². The van der Waals surface area contributed by atoms with E-state index in [1.807, 2.05) is 6.08 Å². The molecule has 0 saturated carbocycles. The van der Waals surface area contributed by atoms with Gasteiger partial charge in [0.25, 0.3) is 0 Å². The van der Waals surface area contributed by atoms with Crippen LogP contribution in [-0.2, 0) is 0 Å². The molecule has 0 aromatic rings. The number of nitrogens with zero attached hydrogens (tertiary/aromatic N) is 1. The fourth-order valence-electron chi connectivity index (χ4n) is 1.55. The molecule has 0 aliphatic heterocycles. The standard InChI is InChI=1S/C13H23N/c1-7-10-12(5)14(6)13(9-3)11(4)8-2/h8H,2,5,7,9-10H2,1,3-4,6H3/b13-11+. The van der Waals surface area contributed by atoms with E-state index in [4.69, 9.17) is 0 Å². The van der Waals surface area contributed by atoms with Gasteiger partial charge < -0.3 is 4.90 Å². The molecule has 0 atom stereocenters. The van der Waals surface area contributed by atoms with Gasteiger partial charge in [0, 0.05) is 18.4 Å². The van der Waals surface area contributed by atoms with Gasteiger partial charge in [-0.1, -0.05) is 39.5 Å². The summed E-state index contributed by atoms with van der Waals surface area (Å²) in [5.41, 5.74) is 3.75. The Bertz CT molecular complexity index is 236. The second-order valence-corrected chi connectivity index (χ2v) is 3.56. The summed E-state index contributed by atoms with van der Waals surface area (Å²) in [5, 5.41) is 0. The first kappa shape index (κ1) is 13.0. The minimum absolute atomic E-state index is 1.02. The fourth-order valence-corrected chi connectivity index (χ4v) is 1.55. The zero-order chi connectivity index (χ0) is 11.1. The molecular formula is C13H23N. The minimum Gasteiger partial charge on any atom is -0.352 e. The van der Waals surface area contributed by atoms with Crippen LogP contribution in [0, 0.1) is 0 Å². The molecule has 0 unspecified atom stereocenters. The number of rotatable bonds is 6. The Kier molecular flexibility index (Phi) is 6.02. The third-order valence-electron chi connectivity index (χ3n) is 2.51. The van der Waals surface area contributed by atoms with Crippen LogP contribution in [0.1, 0.15) is 40.0 Å². The molecule has 0 fully saturated rings. The highest BCUT2D eigenvalue weighted by molar-refractivity contribution is 5.23. The van der Waals surface area contributed by atoms with Crippen LogP contribution in [0.15, 0.2) is 36.2 Å². The van der Waals surface area contributed by atoms with Gasteiger partial charge >= 0.3 is 0 Å². The van der Waals surface area contributed by atoms with E-state index >= 15 is 0 Å². The van der Waals surface area contributed by atoms with Crippen molar-refractivity contribution in [3.63, 3.8) is 0 Å². The molecular weight excluding hydrogens is 170 g/mol. The van der Waals surface area contributed by atoms with E-state index in [0.717, 1.165) is 19.3 Å². The number of allylic oxidation sites excluding steroid dienone is 4. The average Bonchev–Trinajstić information content (AvgIpc) is 2.18. The Morgan fingerprint density at radius 1 is 1.36 bits per heavy atom. The van der Waals surface area contributed by atoms with Gasteiger partial charge in [-0.25, -0.2) is 0 Å². The Labute approximate surface area is 88.8 Å². The minimum atomic E-state index is 1.02. The van der Waals surface area contributed by atoms with Crippen molar-refractivity contribution in [3.8, 4) is 0 Å². The van der Waals surface area contributed by atoms with E-state index in [9.17, 15) is 0 Å². The summed E-state index contributed by atoms with van der Waals surface area (Å²) < 4.78 is 0. The van der Waals surface area contributed by atoms with E-state index in [2.05, 4.69) is 45.9 Å². The molecule has 0 rings (SSSR count). The number of hydrogen-bond acceptors (Lipinski definition) is 1. The second-order valence-electron chi connectivity index (χ2n) is 3.56. The van der Waals surface area contributed by atoms with Crippen LogP contribution < -0.4 is 0 Å². The van der Waals surface area contributed by atoms with Crippen LogP contribution in [0.4, 0.5) is 0 Å². The van der Waals surface area contributed by atoms with Gasteiger partial charge in [-0.05, 0) is 25.3 Å². The lowest BCUT2D eigenvalue weighted by molar-refractivity contribution is 0.474. The van der Waals surface area contributed by atoms with Crippen LogP contribution in [-0.4, -0.2) is 11.9 Å². The van der Waals surface area contributed by atoms with E-state index < -0.39 is 0 Å². The molecule has 1 heteroatoms. The van der Waals surface area contributed by atoms with Crippen LogP contribution in [0.25, 0.3) is 0 Å². The van der Waals surface area contributed by atoms with Crippen LogP contribution in [0.5, 0.6) is 0 Å². The smallest absolute Gasteiger partial charge is 0.0199 e. The van der Waals surface area contributed by atoms with E-state index in [-0.39, 0.29) is 0 Å². The summed E-state index contributed by atoms with van der Waals surface area (Å²) in [4.78, 5) is 2.19. The highest BCUT2D eigenvalue weighted by atomic mass is 15.1. The van der Waals surface area contributed by atoms with Crippen LogP contribution >= 0.6 is 0 Å². The van der Waals surface area contributed by atoms with Gasteiger partial charge in [0.15, 0.2) is 0 Å². The van der Waals surface area contributed by atoms with Crippen molar-refractivity contribution in [1.29, 1.82) is 0 Å². The van der Waals surface area contributed by atoms with Crippen molar-refractivity contribution in [2.24, 2.45) is 0 Å². The first-order valence-corrected chi connectivity index (χ1v) is 5.32. The molecule has 0 aliphatic carbocycles. The molecule has 0 spiro atoms. The Morgan fingerprint density at radius 2 is 1.93 bits per heavy atom. The maximum atomic E-state index is 4.09. The lowest BCUT2D eigenvalue weighted by Gasteiger charge is -2.25. The van der Waals surface area contributed by atoms with E-state index in [1.165, 1.54) is 17.0 Å². The van der Waals surface area contributed by atoms with Gasteiger partial charge in [-0.15, -0.1) is 0 Å². The summed E-state index contributed by atoms with van der Waals surface area (Å²) in [5.74, 6) is 0. The van der Waals surface area contributed by atoms with Crippen LogP contribution in [0.3, 0.4) is 0 Å². The SMILES string of the molecule is C=C/C(C)=C(\CC)N(C)C(=C)CCC. The zero-order valence-electron chi connectivity index (χ0n) is 10.1. The van der Waals surface area contributed by atoms with Crippen molar-refractivity contribution in [3.05, 3.63) is 36.2 Å². The highest BCUT2D eigenvalue weighted by Gasteiger charge is 2.07. The third-order valence-corrected chi connectivity index (χ3v) is 2.51. The molecule has 0 amide bonds. The molecule has 0 aliphatic rings.